The number of carbonyl (C=O) groups excluding carboxylic acids is 1. The molecule has 0 saturated carbocycles. The van der Waals surface area contributed by atoms with Crippen LogP contribution in [0.15, 0.2) is 42.5 Å². The zero-order valence-corrected chi connectivity index (χ0v) is 13.2. The molecule has 0 fully saturated rings. The molecule has 23 heavy (non-hydrogen) atoms. The van der Waals surface area contributed by atoms with Gasteiger partial charge in [-0.3, -0.25) is 10.1 Å². The molecule has 0 unspecified atom stereocenters. The number of esters is 1. The third-order valence-corrected chi connectivity index (χ3v) is 3.59. The van der Waals surface area contributed by atoms with Gasteiger partial charge in [0.1, 0.15) is 17.4 Å². The van der Waals surface area contributed by atoms with Gasteiger partial charge >= 0.3 is 5.97 Å². The van der Waals surface area contributed by atoms with Gasteiger partial charge in [-0.2, -0.15) is 0 Å². The van der Waals surface area contributed by atoms with Crippen molar-refractivity contribution in [2.24, 2.45) is 0 Å². The molecule has 0 amide bonds. The van der Waals surface area contributed by atoms with Crippen molar-refractivity contribution in [3.63, 3.8) is 0 Å². The lowest BCUT2D eigenvalue weighted by atomic mass is 10.1. The third-order valence-electron chi connectivity index (χ3n) is 3.24. The minimum Gasteiger partial charge on any atom is -0.496 e. The van der Waals surface area contributed by atoms with Gasteiger partial charge < -0.3 is 9.47 Å². The van der Waals surface area contributed by atoms with Crippen molar-refractivity contribution in [1.82, 2.24) is 0 Å². The van der Waals surface area contributed by atoms with Crippen LogP contribution in [-0.4, -0.2) is 18.0 Å². The molecule has 6 nitrogen and oxygen atoms in total. The van der Waals surface area contributed by atoms with Crippen molar-refractivity contribution < 1.29 is 19.2 Å². The second kappa shape index (κ2) is 7.11. The van der Waals surface area contributed by atoms with Crippen molar-refractivity contribution in [2.45, 2.75) is 13.0 Å². The highest BCUT2D eigenvalue weighted by molar-refractivity contribution is 6.31. The molecule has 2 aromatic carbocycles. The first-order chi connectivity index (χ1) is 10.9. The van der Waals surface area contributed by atoms with Gasteiger partial charge in [0.05, 0.1) is 12.0 Å². The van der Waals surface area contributed by atoms with Gasteiger partial charge in [0.15, 0.2) is 0 Å². The molecule has 0 heterocycles. The minimum atomic E-state index is -0.724. The summed E-state index contributed by atoms with van der Waals surface area (Å²) in [6.45, 7) is 1.67. The van der Waals surface area contributed by atoms with Gasteiger partial charge in [0.25, 0.3) is 5.69 Å². The fraction of sp³-hybridized carbons (Fsp3) is 0.188. The first kappa shape index (κ1) is 16.8. The zero-order valence-electron chi connectivity index (χ0n) is 12.5. The maximum absolute atomic E-state index is 12.3. The van der Waals surface area contributed by atoms with Crippen LogP contribution in [0.1, 0.15) is 28.9 Å². The Morgan fingerprint density at radius 2 is 1.96 bits per heavy atom. The Hall–Kier alpha value is -2.60. The smallest absolute Gasteiger partial charge is 0.342 e. The number of benzene rings is 2. The average molecular weight is 336 g/mol. The highest BCUT2D eigenvalue weighted by atomic mass is 35.5. The highest BCUT2D eigenvalue weighted by Gasteiger charge is 2.22. The Kier molecular flexibility index (Phi) is 5.18. The van der Waals surface area contributed by atoms with Crippen LogP contribution >= 0.6 is 11.6 Å². The van der Waals surface area contributed by atoms with E-state index in [-0.39, 0.29) is 17.0 Å². The Balaban J connectivity index is 2.28. The Morgan fingerprint density at radius 1 is 1.26 bits per heavy atom. The second-order valence-electron chi connectivity index (χ2n) is 4.71. The number of nitro groups is 1. The van der Waals surface area contributed by atoms with Gasteiger partial charge in [0, 0.05) is 22.7 Å². The van der Waals surface area contributed by atoms with E-state index >= 15 is 0 Å². The SMILES string of the molecule is COc1ccc([N+](=O)[O-])cc1C(=O)O[C@@H](C)c1ccccc1Cl. The van der Waals surface area contributed by atoms with E-state index in [1.54, 1.807) is 31.2 Å². The Labute approximate surface area is 137 Å². The number of nitro benzene ring substituents is 1. The number of hydrogen-bond donors (Lipinski definition) is 0. The molecule has 0 aliphatic rings. The minimum absolute atomic E-state index is 0.0133. The molecule has 0 aliphatic carbocycles. The summed E-state index contributed by atoms with van der Waals surface area (Å²) in [4.78, 5) is 22.6. The number of carbonyl (C=O) groups is 1. The highest BCUT2D eigenvalue weighted by Crippen LogP contribution is 2.29. The number of nitrogens with zero attached hydrogens (tertiary/aromatic N) is 1. The number of non-ortho nitro benzene ring substituents is 1. The normalized spacial score (nSPS) is 11.6. The predicted molar refractivity (Wildman–Crippen MR) is 84.9 cm³/mol. The predicted octanol–water partition coefficient (Wildman–Crippen LogP) is 4.17. The standard InChI is InChI=1S/C16H14ClNO5/c1-10(12-5-3-4-6-14(12)17)23-16(19)13-9-11(18(20)21)7-8-15(13)22-2/h3-10H,1-2H3/t10-/m0/s1. The molecular weight excluding hydrogens is 322 g/mol. The van der Waals surface area contributed by atoms with Crippen LogP contribution in [-0.2, 0) is 4.74 Å². The van der Waals surface area contributed by atoms with E-state index in [1.807, 2.05) is 0 Å². The number of ether oxygens (including phenoxy) is 2. The summed E-state index contributed by atoms with van der Waals surface area (Å²) < 4.78 is 10.4. The van der Waals surface area contributed by atoms with E-state index < -0.39 is 17.0 Å². The molecule has 0 spiro atoms. The molecule has 0 aromatic heterocycles. The van der Waals surface area contributed by atoms with Crippen LogP contribution in [0.3, 0.4) is 0 Å². The van der Waals surface area contributed by atoms with Crippen molar-refractivity contribution in [2.75, 3.05) is 7.11 Å². The van der Waals surface area contributed by atoms with Crippen molar-refractivity contribution in [3.8, 4) is 5.75 Å². The molecule has 120 valence electrons. The molecular formula is C16H14ClNO5. The molecule has 2 aromatic rings. The average Bonchev–Trinajstić information content (AvgIpc) is 2.54. The van der Waals surface area contributed by atoms with Crippen LogP contribution in [0.5, 0.6) is 5.75 Å². The lowest BCUT2D eigenvalue weighted by Crippen LogP contribution is -2.11. The zero-order chi connectivity index (χ0) is 17.0. The molecule has 0 aliphatic heterocycles. The molecule has 1 atom stereocenters. The first-order valence-electron chi connectivity index (χ1n) is 6.72. The van der Waals surface area contributed by atoms with Gasteiger partial charge in [-0.25, -0.2) is 4.79 Å². The quantitative estimate of drug-likeness (QED) is 0.465. The van der Waals surface area contributed by atoms with Crippen molar-refractivity contribution >= 4 is 23.3 Å². The van der Waals surface area contributed by atoms with E-state index in [9.17, 15) is 14.9 Å². The first-order valence-corrected chi connectivity index (χ1v) is 7.09. The van der Waals surface area contributed by atoms with Crippen LogP contribution in [0.4, 0.5) is 5.69 Å². The Bertz CT molecular complexity index is 747. The van der Waals surface area contributed by atoms with Crippen molar-refractivity contribution in [1.29, 1.82) is 0 Å². The molecule has 7 heteroatoms. The summed E-state index contributed by atoms with van der Waals surface area (Å²) in [5.74, 6) is -0.523. The van der Waals surface area contributed by atoms with Crippen LogP contribution in [0, 0.1) is 10.1 Å². The molecule has 0 N–H and O–H groups in total. The third kappa shape index (κ3) is 3.78. The second-order valence-corrected chi connectivity index (χ2v) is 5.12. The number of hydrogen-bond acceptors (Lipinski definition) is 5. The van der Waals surface area contributed by atoms with Gasteiger partial charge in [0.2, 0.25) is 0 Å². The summed E-state index contributed by atoms with van der Waals surface area (Å²) in [6.07, 6.45) is -0.611. The van der Waals surface area contributed by atoms with E-state index in [0.29, 0.717) is 10.6 Å². The molecule has 0 bridgehead atoms. The fourth-order valence-corrected chi connectivity index (χ4v) is 2.35. The molecule has 0 saturated heterocycles. The number of rotatable bonds is 5. The monoisotopic (exact) mass is 335 g/mol. The Morgan fingerprint density at radius 3 is 2.57 bits per heavy atom. The molecule has 0 radical (unpaired) electrons. The lowest BCUT2D eigenvalue weighted by molar-refractivity contribution is -0.384. The maximum Gasteiger partial charge on any atom is 0.342 e. The summed E-state index contributed by atoms with van der Waals surface area (Å²) >= 11 is 6.07. The van der Waals surface area contributed by atoms with Gasteiger partial charge in [-0.05, 0) is 19.1 Å². The summed E-state index contributed by atoms with van der Waals surface area (Å²) in [5.41, 5.74) is 0.413. The van der Waals surface area contributed by atoms with Crippen LogP contribution in [0.2, 0.25) is 5.02 Å². The van der Waals surface area contributed by atoms with E-state index in [1.165, 1.54) is 19.2 Å². The largest absolute Gasteiger partial charge is 0.496 e. The summed E-state index contributed by atoms with van der Waals surface area (Å²) in [7, 11) is 1.37. The number of methoxy groups -OCH3 is 1. The fourth-order valence-electron chi connectivity index (χ4n) is 2.06. The van der Waals surface area contributed by atoms with E-state index in [2.05, 4.69) is 0 Å². The van der Waals surface area contributed by atoms with Crippen molar-refractivity contribution in [3.05, 3.63) is 68.7 Å². The lowest BCUT2D eigenvalue weighted by Gasteiger charge is -2.16. The van der Waals surface area contributed by atoms with E-state index in [4.69, 9.17) is 21.1 Å². The number of halogens is 1. The van der Waals surface area contributed by atoms with E-state index in [0.717, 1.165) is 6.07 Å². The van der Waals surface area contributed by atoms with Crippen LogP contribution in [0.25, 0.3) is 0 Å². The summed E-state index contributed by atoms with van der Waals surface area (Å²) in [5, 5.41) is 11.3. The van der Waals surface area contributed by atoms with Crippen LogP contribution < -0.4 is 4.74 Å². The topological polar surface area (TPSA) is 78.7 Å². The van der Waals surface area contributed by atoms with Gasteiger partial charge in [-0.15, -0.1) is 0 Å². The van der Waals surface area contributed by atoms with Gasteiger partial charge in [-0.1, -0.05) is 29.8 Å². The maximum atomic E-state index is 12.3. The summed E-state index contributed by atoms with van der Waals surface area (Å²) in [6, 6.07) is 10.7. The molecule has 2 rings (SSSR count).